The maximum absolute atomic E-state index is 9.39. The lowest BCUT2D eigenvalue weighted by atomic mass is 10.2. The van der Waals surface area contributed by atoms with Gasteiger partial charge >= 0.3 is 0 Å². The summed E-state index contributed by atoms with van der Waals surface area (Å²) < 4.78 is 6.09. The minimum Gasteiger partial charge on any atom is -0.508 e. The van der Waals surface area contributed by atoms with E-state index in [4.69, 9.17) is 9.84 Å². The minimum absolute atomic E-state index is 0.0171. The lowest BCUT2D eigenvalue weighted by Gasteiger charge is -2.01. The molecule has 0 fully saturated rings. The van der Waals surface area contributed by atoms with E-state index in [-0.39, 0.29) is 12.4 Å². The van der Waals surface area contributed by atoms with Gasteiger partial charge in [-0.1, -0.05) is 0 Å². The van der Waals surface area contributed by atoms with E-state index >= 15 is 0 Å². The molecule has 0 aliphatic rings. The molecule has 1 aromatic carbocycles. The van der Waals surface area contributed by atoms with Crippen molar-refractivity contribution in [2.24, 2.45) is 0 Å². The molecule has 0 aliphatic carbocycles. The van der Waals surface area contributed by atoms with Crippen molar-refractivity contribution in [3.63, 3.8) is 0 Å². The summed E-state index contributed by atoms with van der Waals surface area (Å²) in [4.78, 5) is 0.865. The quantitative estimate of drug-likeness (QED) is 0.798. The van der Waals surface area contributed by atoms with Gasteiger partial charge in [-0.2, -0.15) is 0 Å². The third-order valence-corrected chi connectivity index (χ3v) is 3.14. The van der Waals surface area contributed by atoms with Crippen molar-refractivity contribution >= 4 is 21.4 Å². The fourth-order valence-corrected chi connectivity index (χ4v) is 2.38. The van der Waals surface area contributed by atoms with Gasteiger partial charge in [-0.05, 0) is 12.1 Å². The first kappa shape index (κ1) is 9.30. The number of phenolic OH excluding ortho intramolecular Hbond substituents is 1. The van der Waals surface area contributed by atoms with Crippen LogP contribution in [-0.4, -0.2) is 17.3 Å². The van der Waals surface area contributed by atoms with Gasteiger partial charge in [0.15, 0.2) is 0 Å². The van der Waals surface area contributed by atoms with Gasteiger partial charge < -0.3 is 14.9 Å². The number of benzene rings is 1. The van der Waals surface area contributed by atoms with Crippen LogP contribution in [-0.2, 0) is 6.61 Å². The molecule has 0 spiro atoms. The maximum Gasteiger partial charge on any atom is 0.140 e. The Morgan fingerprint density at radius 2 is 2.14 bits per heavy atom. The first-order valence-corrected chi connectivity index (χ1v) is 4.96. The van der Waals surface area contributed by atoms with Crippen LogP contribution >= 0.6 is 11.3 Å². The monoisotopic (exact) mass is 210 g/mol. The third-order valence-electron chi connectivity index (χ3n) is 1.99. The van der Waals surface area contributed by atoms with Gasteiger partial charge in [-0.25, -0.2) is 0 Å². The highest BCUT2D eigenvalue weighted by atomic mass is 32.1. The highest BCUT2D eigenvalue weighted by molar-refractivity contribution is 7.19. The second kappa shape index (κ2) is 3.48. The smallest absolute Gasteiger partial charge is 0.140 e. The van der Waals surface area contributed by atoms with Gasteiger partial charge in [-0.15, -0.1) is 11.3 Å². The zero-order valence-corrected chi connectivity index (χ0v) is 8.47. The molecular weight excluding hydrogens is 200 g/mol. The SMILES string of the molecule is COc1cc(O)cc2cc(CO)sc12. The van der Waals surface area contributed by atoms with Crippen molar-refractivity contribution in [2.75, 3.05) is 7.11 Å². The number of aliphatic hydroxyl groups is 1. The highest BCUT2D eigenvalue weighted by Gasteiger charge is 2.08. The molecule has 74 valence electrons. The summed E-state index contributed by atoms with van der Waals surface area (Å²) in [7, 11) is 1.56. The van der Waals surface area contributed by atoms with Crippen molar-refractivity contribution < 1.29 is 14.9 Å². The van der Waals surface area contributed by atoms with Crippen LogP contribution in [0, 0.1) is 0 Å². The van der Waals surface area contributed by atoms with E-state index in [2.05, 4.69) is 0 Å². The van der Waals surface area contributed by atoms with Crippen molar-refractivity contribution in [1.82, 2.24) is 0 Å². The topological polar surface area (TPSA) is 49.7 Å². The lowest BCUT2D eigenvalue weighted by Crippen LogP contribution is -1.81. The third kappa shape index (κ3) is 1.42. The number of hydrogen-bond acceptors (Lipinski definition) is 4. The van der Waals surface area contributed by atoms with E-state index in [9.17, 15) is 5.11 Å². The number of ether oxygens (including phenoxy) is 1. The Bertz CT molecular complexity index is 462. The second-order valence-electron chi connectivity index (χ2n) is 2.94. The molecule has 0 amide bonds. The predicted octanol–water partition coefficient (Wildman–Crippen LogP) is 2.11. The largest absolute Gasteiger partial charge is 0.508 e. The van der Waals surface area contributed by atoms with E-state index < -0.39 is 0 Å². The summed E-state index contributed by atoms with van der Waals surface area (Å²) in [5.41, 5.74) is 0. The van der Waals surface area contributed by atoms with Crippen LogP contribution in [0.4, 0.5) is 0 Å². The Morgan fingerprint density at radius 1 is 1.36 bits per heavy atom. The zero-order chi connectivity index (χ0) is 10.1. The average molecular weight is 210 g/mol. The number of thiophene rings is 1. The average Bonchev–Trinajstić information content (AvgIpc) is 2.59. The molecular formula is C10H10O3S. The molecule has 14 heavy (non-hydrogen) atoms. The number of phenols is 1. The Labute approximate surface area is 85.2 Å². The number of rotatable bonds is 2. The van der Waals surface area contributed by atoms with Crippen molar-refractivity contribution in [3.05, 3.63) is 23.1 Å². The van der Waals surface area contributed by atoms with E-state index in [0.717, 1.165) is 15.0 Å². The van der Waals surface area contributed by atoms with Crippen LogP contribution in [0.1, 0.15) is 4.88 Å². The van der Waals surface area contributed by atoms with E-state index in [1.54, 1.807) is 19.2 Å². The van der Waals surface area contributed by atoms with Gasteiger partial charge in [0.05, 0.1) is 18.4 Å². The molecule has 0 unspecified atom stereocenters. The van der Waals surface area contributed by atoms with Crippen LogP contribution in [0.25, 0.3) is 10.1 Å². The second-order valence-corrected chi connectivity index (χ2v) is 4.07. The van der Waals surface area contributed by atoms with Gasteiger partial charge in [-0.3, -0.25) is 0 Å². The predicted molar refractivity (Wildman–Crippen MR) is 56.0 cm³/mol. The summed E-state index contributed by atoms with van der Waals surface area (Å²) in [6, 6.07) is 5.08. The van der Waals surface area contributed by atoms with Crippen LogP contribution in [0.2, 0.25) is 0 Å². The maximum atomic E-state index is 9.39. The van der Waals surface area contributed by atoms with E-state index in [1.807, 2.05) is 6.07 Å². The fourth-order valence-electron chi connectivity index (χ4n) is 1.39. The molecule has 2 aromatic rings. The molecule has 1 aromatic heterocycles. The van der Waals surface area contributed by atoms with Gasteiger partial charge in [0.1, 0.15) is 11.5 Å². The Kier molecular flexibility index (Phi) is 2.31. The van der Waals surface area contributed by atoms with Gasteiger partial charge in [0, 0.05) is 16.3 Å². The summed E-state index contributed by atoms with van der Waals surface area (Å²) >= 11 is 1.47. The number of methoxy groups -OCH3 is 1. The molecule has 2 rings (SSSR count). The fraction of sp³-hybridized carbons (Fsp3) is 0.200. The standard InChI is InChI=1S/C10H10O3S/c1-13-9-4-7(12)2-6-3-8(5-11)14-10(6)9/h2-4,11-12H,5H2,1H3. The molecule has 4 heteroatoms. The van der Waals surface area contributed by atoms with Crippen LogP contribution < -0.4 is 4.74 Å². The summed E-state index contributed by atoms with van der Waals surface area (Å²) in [5.74, 6) is 0.821. The highest BCUT2D eigenvalue weighted by Crippen LogP contribution is 2.36. The Hall–Kier alpha value is -1.26. The van der Waals surface area contributed by atoms with Crippen molar-refractivity contribution in [1.29, 1.82) is 0 Å². The van der Waals surface area contributed by atoms with Gasteiger partial charge in [0.25, 0.3) is 0 Å². The molecule has 1 heterocycles. The van der Waals surface area contributed by atoms with Crippen LogP contribution in [0.3, 0.4) is 0 Å². The zero-order valence-electron chi connectivity index (χ0n) is 7.65. The normalized spacial score (nSPS) is 10.7. The summed E-state index contributed by atoms with van der Waals surface area (Å²) in [6.07, 6.45) is 0. The first-order chi connectivity index (χ1) is 6.74. The van der Waals surface area contributed by atoms with Crippen LogP contribution in [0.5, 0.6) is 11.5 Å². The number of hydrogen-bond donors (Lipinski definition) is 2. The molecule has 0 aliphatic heterocycles. The van der Waals surface area contributed by atoms with E-state index in [1.165, 1.54) is 11.3 Å². The number of aliphatic hydroxyl groups excluding tert-OH is 1. The number of aromatic hydroxyl groups is 1. The Balaban J connectivity index is 2.71. The molecule has 2 N–H and O–H groups in total. The van der Waals surface area contributed by atoms with Crippen molar-refractivity contribution in [3.8, 4) is 11.5 Å². The summed E-state index contributed by atoms with van der Waals surface area (Å²) in [6.45, 7) is 0.0171. The number of fused-ring (bicyclic) bond motifs is 1. The van der Waals surface area contributed by atoms with Crippen molar-refractivity contribution in [2.45, 2.75) is 6.61 Å². The van der Waals surface area contributed by atoms with Gasteiger partial charge in [0.2, 0.25) is 0 Å². The van der Waals surface area contributed by atoms with Crippen LogP contribution in [0.15, 0.2) is 18.2 Å². The first-order valence-electron chi connectivity index (χ1n) is 4.15. The lowest BCUT2D eigenvalue weighted by molar-refractivity contribution is 0.285. The molecule has 0 saturated carbocycles. The van der Waals surface area contributed by atoms with E-state index in [0.29, 0.717) is 5.75 Å². The molecule has 0 radical (unpaired) electrons. The molecule has 0 saturated heterocycles. The molecule has 0 bridgehead atoms. The summed E-state index contributed by atoms with van der Waals surface area (Å²) in [5, 5.41) is 19.3. The Morgan fingerprint density at radius 3 is 2.79 bits per heavy atom. The molecule has 0 atom stereocenters. The molecule has 3 nitrogen and oxygen atoms in total. The minimum atomic E-state index is 0.0171.